The third-order valence-electron chi connectivity index (χ3n) is 4.14. The normalized spacial score (nSPS) is 14.9. The zero-order chi connectivity index (χ0) is 18.4. The number of fused-ring (bicyclic) bond motifs is 1. The Morgan fingerprint density at radius 3 is 2.56 bits per heavy atom. The fourth-order valence-electron chi connectivity index (χ4n) is 2.99. The van der Waals surface area contributed by atoms with Crippen LogP contribution < -0.4 is 5.56 Å². The lowest BCUT2D eigenvalue weighted by Gasteiger charge is -2.33. The van der Waals surface area contributed by atoms with Crippen LogP contribution in [0.3, 0.4) is 0 Å². The Bertz CT molecular complexity index is 937. The van der Waals surface area contributed by atoms with Crippen molar-refractivity contribution >= 4 is 21.8 Å². The maximum absolute atomic E-state index is 12.8. The van der Waals surface area contributed by atoms with Gasteiger partial charge in [0.15, 0.2) is 5.82 Å². The molecule has 1 aliphatic rings. The first kappa shape index (κ1) is 18.2. The fraction of sp³-hybridized carbons (Fsp3) is 0.500. The summed E-state index contributed by atoms with van der Waals surface area (Å²) < 4.78 is 28.5. The third kappa shape index (κ3) is 3.16. The first-order valence-corrected chi connectivity index (χ1v) is 10.7. The Morgan fingerprint density at radius 1 is 1.32 bits per heavy atom. The molecule has 1 aliphatic heterocycles. The molecule has 0 atom stereocenters. The number of thioether (sulfide) groups is 1. The molecule has 2 aromatic heterocycles. The van der Waals surface area contributed by atoms with Gasteiger partial charge in [-0.15, -0.1) is 0 Å². The number of hydrogen-bond donors (Lipinski definition) is 1. The first-order valence-electron chi connectivity index (χ1n) is 8.06. The van der Waals surface area contributed by atoms with E-state index in [4.69, 9.17) is 0 Å². The van der Waals surface area contributed by atoms with E-state index in [2.05, 4.69) is 10.1 Å². The molecule has 9 heteroatoms. The molecule has 0 bridgehead atoms. The maximum Gasteiger partial charge on any atom is 0.276 e. The van der Waals surface area contributed by atoms with Crippen LogP contribution in [0.25, 0.3) is 5.82 Å². The van der Waals surface area contributed by atoms with E-state index in [-0.39, 0.29) is 10.5 Å². The van der Waals surface area contributed by atoms with E-state index < -0.39 is 15.6 Å². The van der Waals surface area contributed by atoms with Crippen molar-refractivity contribution in [1.82, 2.24) is 19.1 Å². The second-order valence-electron chi connectivity index (χ2n) is 6.89. The van der Waals surface area contributed by atoms with Gasteiger partial charge in [0.05, 0.1) is 11.3 Å². The highest BCUT2D eigenvalue weighted by molar-refractivity contribution is 7.98. The second-order valence-corrected chi connectivity index (χ2v) is 9.74. The molecule has 25 heavy (non-hydrogen) atoms. The number of rotatable bonds is 4. The minimum Gasteiger partial charge on any atom is -0.292 e. The predicted molar refractivity (Wildman–Crippen MR) is 98.5 cm³/mol. The number of pyridine rings is 1. The molecule has 0 spiro atoms. The summed E-state index contributed by atoms with van der Waals surface area (Å²) in [5.41, 5.74) is 1.04. The first-order chi connectivity index (χ1) is 11.7. The molecule has 0 unspecified atom stereocenters. The monoisotopic (exact) mass is 382 g/mol. The van der Waals surface area contributed by atoms with Crippen molar-refractivity contribution in [2.24, 2.45) is 0 Å². The molecule has 7 nitrogen and oxygen atoms in total. The van der Waals surface area contributed by atoms with Crippen LogP contribution in [0.15, 0.2) is 28.0 Å². The Balaban J connectivity index is 1.97. The lowest BCUT2D eigenvalue weighted by Crippen LogP contribution is -2.45. The largest absolute Gasteiger partial charge is 0.292 e. The van der Waals surface area contributed by atoms with Crippen molar-refractivity contribution in [3.63, 3.8) is 0 Å². The van der Waals surface area contributed by atoms with Gasteiger partial charge in [0.1, 0.15) is 4.90 Å². The minimum atomic E-state index is -3.64. The highest BCUT2D eigenvalue weighted by atomic mass is 32.2. The summed E-state index contributed by atoms with van der Waals surface area (Å²) >= 11 is 1.69. The van der Waals surface area contributed by atoms with E-state index >= 15 is 0 Å². The van der Waals surface area contributed by atoms with Gasteiger partial charge in [0.25, 0.3) is 5.56 Å². The van der Waals surface area contributed by atoms with Crippen molar-refractivity contribution in [2.75, 3.05) is 6.54 Å². The molecule has 1 N–H and O–H groups in total. The van der Waals surface area contributed by atoms with Crippen molar-refractivity contribution in [3.05, 3.63) is 39.9 Å². The van der Waals surface area contributed by atoms with E-state index in [0.717, 1.165) is 17.0 Å². The molecule has 0 aromatic carbocycles. The molecular formula is C16H22N4O3S2. The lowest BCUT2D eigenvalue weighted by molar-refractivity contribution is 0.259. The molecule has 0 amide bonds. The summed E-state index contributed by atoms with van der Waals surface area (Å²) in [6, 6.07) is 3.06. The highest BCUT2D eigenvalue weighted by Gasteiger charge is 2.33. The summed E-state index contributed by atoms with van der Waals surface area (Å²) in [4.78, 5) is 16.7. The van der Waals surface area contributed by atoms with Crippen LogP contribution in [0.4, 0.5) is 0 Å². The third-order valence-corrected chi connectivity index (χ3v) is 7.35. The Hall–Kier alpha value is -1.58. The number of aromatic nitrogens is 3. The smallest absolute Gasteiger partial charge is 0.276 e. The minimum absolute atomic E-state index is 0.118. The molecule has 136 valence electrons. The van der Waals surface area contributed by atoms with E-state index in [0.29, 0.717) is 18.1 Å². The summed E-state index contributed by atoms with van der Waals surface area (Å²) in [6.07, 6.45) is 1.31. The van der Waals surface area contributed by atoms with Crippen molar-refractivity contribution < 1.29 is 8.42 Å². The Morgan fingerprint density at radius 2 is 2.04 bits per heavy atom. The fourth-order valence-corrected chi connectivity index (χ4v) is 5.78. The number of aromatic amines is 1. The van der Waals surface area contributed by atoms with Crippen molar-refractivity contribution in [2.45, 2.75) is 49.6 Å². The average Bonchev–Trinajstić information content (AvgIpc) is 3.10. The topological polar surface area (TPSA) is 88.1 Å². The molecular weight excluding hydrogens is 360 g/mol. The van der Waals surface area contributed by atoms with Crippen LogP contribution in [0, 0.1) is 0 Å². The standard InChI is InChI=1S/C16H22N4O3S2/c1-5-19(16(2,3)4)25(22,23)11-6-7-14(17-8-11)20-15(21)12-9-24-10-13(12)18-20/h6-8,18H,5,9-10H2,1-4H3. The number of nitrogens with zero attached hydrogens (tertiary/aromatic N) is 3. The molecule has 0 saturated heterocycles. The maximum atomic E-state index is 12.8. The SMILES string of the molecule is CCN(C(C)(C)C)S(=O)(=O)c1ccc(-n2[nH]c3c(c2=O)CSC3)nc1. The van der Waals surface area contributed by atoms with E-state index in [1.165, 1.54) is 21.3 Å². The zero-order valence-corrected chi connectivity index (χ0v) is 16.4. The molecule has 0 aliphatic carbocycles. The highest BCUT2D eigenvalue weighted by Crippen LogP contribution is 2.27. The molecule has 0 saturated carbocycles. The van der Waals surface area contributed by atoms with Crippen LogP contribution >= 0.6 is 11.8 Å². The number of H-pyrrole nitrogens is 1. The Labute approximate surface area is 151 Å². The molecule has 3 heterocycles. The van der Waals surface area contributed by atoms with Crippen LogP contribution in [0.1, 0.15) is 39.0 Å². The molecule has 3 rings (SSSR count). The van der Waals surface area contributed by atoms with Gasteiger partial charge in [-0.3, -0.25) is 9.89 Å². The Kier molecular flexibility index (Phi) is 4.59. The number of hydrogen-bond acceptors (Lipinski definition) is 5. The van der Waals surface area contributed by atoms with Crippen LogP contribution in [-0.2, 0) is 21.5 Å². The second kappa shape index (κ2) is 6.30. The summed E-state index contributed by atoms with van der Waals surface area (Å²) in [5.74, 6) is 1.87. The van der Waals surface area contributed by atoms with Gasteiger partial charge in [0.2, 0.25) is 10.0 Å². The van der Waals surface area contributed by atoms with Crippen molar-refractivity contribution in [1.29, 1.82) is 0 Å². The van der Waals surface area contributed by atoms with Gasteiger partial charge in [-0.25, -0.2) is 18.1 Å². The average molecular weight is 383 g/mol. The molecule has 0 fully saturated rings. The summed E-state index contributed by atoms with van der Waals surface area (Å²) in [6.45, 7) is 7.74. The quantitative estimate of drug-likeness (QED) is 0.875. The molecule has 2 aromatic rings. The van der Waals surface area contributed by atoms with Gasteiger partial charge in [0, 0.05) is 29.8 Å². The number of sulfonamides is 1. The lowest BCUT2D eigenvalue weighted by atomic mass is 10.1. The van der Waals surface area contributed by atoms with Gasteiger partial charge in [-0.05, 0) is 32.9 Å². The predicted octanol–water partition coefficient (Wildman–Crippen LogP) is 2.12. The van der Waals surface area contributed by atoms with Gasteiger partial charge < -0.3 is 0 Å². The van der Waals surface area contributed by atoms with Crippen LogP contribution in [0.2, 0.25) is 0 Å². The van der Waals surface area contributed by atoms with Gasteiger partial charge in [-0.2, -0.15) is 16.1 Å². The summed E-state index contributed by atoms with van der Waals surface area (Å²) in [5, 5.41) is 3.06. The van der Waals surface area contributed by atoms with Gasteiger partial charge in [-0.1, -0.05) is 6.92 Å². The van der Waals surface area contributed by atoms with Crippen molar-refractivity contribution in [3.8, 4) is 5.82 Å². The zero-order valence-electron chi connectivity index (χ0n) is 14.7. The van der Waals surface area contributed by atoms with E-state index in [1.54, 1.807) is 17.8 Å². The number of nitrogens with one attached hydrogen (secondary N) is 1. The molecule has 0 radical (unpaired) electrons. The van der Waals surface area contributed by atoms with Gasteiger partial charge >= 0.3 is 0 Å². The summed E-state index contributed by atoms with van der Waals surface area (Å²) in [7, 11) is -3.64. The van der Waals surface area contributed by atoms with Crippen LogP contribution in [-0.4, -0.2) is 39.6 Å². The van der Waals surface area contributed by atoms with Crippen LogP contribution in [0.5, 0.6) is 0 Å². The van der Waals surface area contributed by atoms with E-state index in [9.17, 15) is 13.2 Å². The van der Waals surface area contributed by atoms with E-state index in [1.807, 2.05) is 27.7 Å².